The van der Waals surface area contributed by atoms with E-state index >= 15 is 0 Å². The molecule has 1 aliphatic heterocycles. The Balaban J connectivity index is 1.47. The molecule has 0 saturated carbocycles. The summed E-state index contributed by atoms with van der Waals surface area (Å²) in [6, 6.07) is 21.9. The molecule has 0 bridgehead atoms. The van der Waals surface area contributed by atoms with Gasteiger partial charge < -0.3 is 9.47 Å². The smallest absolute Gasteiger partial charge is 0.243 e. The lowest BCUT2D eigenvalue weighted by Crippen LogP contribution is -2.37. The van der Waals surface area contributed by atoms with Crippen molar-refractivity contribution >= 4 is 15.6 Å². The van der Waals surface area contributed by atoms with E-state index in [4.69, 9.17) is 9.47 Å². The highest BCUT2D eigenvalue weighted by Gasteiger charge is 2.31. The number of ether oxygens (including phenoxy) is 2. The van der Waals surface area contributed by atoms with Gasteiger partial charge in [0.15, 0.2) is 6.23 Å². The van der Waals surface area contributed by atoms with Crippen LogP contribution in [0.25, 0.3) is 5.57 Å². The fraction of sp³-hybridized carbons (Fsp3) is 0.130. The van der Waals surface area contributed by atoms with Crippen molar-refractivity contribution < 1.29 is 17.9 Å². The van der Waals surface area contributed by atoms with E-state index in [0.29, 0.717) is 23.7 Å². The third kappa shape index (κ3) is 4.18. The average Bonchev–Trinajstić information content (AvgIpc) is 3.02. The molecule has 1 aliphatic rings. The molecular formula is C23H21NO4S. The molecule has 1 N–H and O–H groups in total. The molecule has 6 heteroatoms. The van der Waals surface area contributed by atoms with Crippen molar-refractivity contribution in [1.82, 2.24) is 4.72 Å². The lowest BCUT2D eigenvalue weighted by Gasteiger charge is -2.14. The van der Waals surface area contributed by atoms with Gasteiger partial charge in [-0.25, -0.2) is 8.42 Å². The van der Waals surface area contributed by atoms with Gasteiger partial charge in [0.2, 0.25) is 10.0 Å². The summed E-state index contributed by atoms with van der Waals surface area (Å²) < 4.78 is 39.5. The predicted octanol–water partition coefficient (Wildman–Crippen LogP) is 4.28. The molecule has 1 atom stereocenters. The zero-order chi connectivity index (χ0) is 20.4. The topological polar surface area (TPSA) is 64.6 Å². The van der Waals surface area contributed by atoms with Gasteiger partial charge in [0, 0.05) is 17.2 Å². The number of fused-ring (bicyclic) bond motifs is 1. The summed E-state index contributed by atoms with van der Waals surface area (Å²) >= 11 is 0. The Morgan fingerprint density at radius 1 is 1.03 bits per heavy atom. The van der Waals surface area contributed by atoms with E-state index in [9.17, 15) is 8.42 Å². The zero-order valence-corrected chi connectivity index (χ0v) is 16.8. The quantitative estimate of drug-likeness (QED) is 0.662. The van der Waals surface area contributed by atoms with Gasteiger partial charge in [-0.3, -0.25) is 0 Å². The minimum absolute atomic E-state index is 0.183. The van der Waals surface area contributed by atoms with Crippen molar-refractivity contribution in [3.63, 3.8) is 0 Å². The average molecular weight is 407 g/mol. The molecule has 3 aromatic carbocycles. The summed E-state index contributed by atoms with van der Waals surface area (Å²) in [5, 5.41) is 0. The molecule has 1 unspecified atom stereocenters. The second kappa shape index (κ2) is 7.73. The number of hydrogen-bond acceptors (Lipinski definition) is 4. The van der Waals surface area contributed by atoms with Crippen LogP contribution in [0.5, 0.6) is 11.5 Å². The number of rotatable bonds is 6. The second-order valence-electron chi connectivity index (χ2n) is 6.89. The molecule has 0 saturated heterocycles. The van der Waals surface area contributed by atoms with Gasteiger partial charge in [0.1, 0.15) is 18.1 Å². The van der Waals surface area contributed by atoms with E-state index < -0.39 is 16.3 Å². The summed E-state index contributed by atoms with van der Waals surface area (Å²) in [7, 11) is -3.73. The molecule has 0 aliphatic carbocycles. The van der Waals surface area contributed by atoms with Crippen LogP contribution in [-0.4, -0.2) is 14.6 Å². The Morgan fingerprint density at radius 3 is 2.48 bits per heavy atom. The van der Waals surface area contributed by atoms with Crippen LogP contribution in [-0.2, 0) is 16.6 Å². The fourth-order valence-electron chi connectivity index (χ4n) is 3.06. The first-order valence-corrected chi connectivity index (χ1v) is 10.7. The molecule has 4 rings (SSSR count). The molecule has 5 nitrogen and oxygen atoms in total. The van der Waals surface area contributed by atoms with E-state index in [1.165, 1.54) is 0 Å². The number of aryl methyl sites for hydroxylation is 1. The van der Waals surface area contributed by atoms with E-state index in [1.807, 2.05) is 49.4 Å². The summed E-state index contributed by atoms with van der Waals surface area (Å²) in [4.78, 5) is 0.183. The van der Waals surface area contributed by atoms with Crippen LogP contribution in [0.2, 0.25) is 0 Å². The van der Waals surface area contributed by atoms with Gasteiger partial charge in [0.05, 0.1) is 4.90 Å². The summed E-state index contributed by atoms with van der Waals surface area (Å²) in [5.41, 5.74) is 3.36. The van der Waals surface area contributed by atoms with Crippen molar-refractivity contribution in [2.75, 3.05) is 0 Å². The summed E-state index contributed by atoms with van der Waals surface area (Å²) in [5.74, 6) is 1.18. The van der Waals surface area contributed by atoms with Gasteiger partial charge in [-0.05, 0) is 36.8 Å². The lowest BCUT2D eigenvalue weighted by molar-refractivity contribution is 0.261. The molecule has 0 radical (unpaired) electrons. The Hall–Kier alpha value is -3.09. The van der Waals surface area contributed by atoms with Crippen molar-refractivity contribution in [2.24, 2.45) is 0 Å². The minimum Gasteiger partial charge on any atom is -0.489 e. The lowest BCUT2D eigenvalue weighted by atomic mass is 10.1. The molecule has 148 valence electrons. The van der Waals surface area contributed by atoms with Crippen LogP contribution in [0.3, 0.4) is 0 Å². The predicted molar refractivity (Wildman–Crippen MR) is 112 cm³/mol. The van der Waals surface area contributed by atoms with E-state index in [2.05, 4.69) is 11.3 Å². The molecule has 0 amide bonds. The normalized spacial score (nSPS) is 15.6. The number of nitrogens with one attached hydrogen (secondary N) is 1. The first-order valence-electron chi connectivity index (χ1n) is 9.18. The Kier molecular flexibility index (Phi) is 5.13. The van der Waals surface area contributed by atoms with Crippen LogP contribution in [0.1, 0.15) is 16.7 Å². The molecule has 0 aromatic heterocycles. The third-order valence-corrected chi connectivity index (χ3v) is 6.12. The Morgan fingerprint density at radius 2 is 1.76 bits per heavy atom. The highest BCUT2D eigenvalue weighted by Crippen LogP contribution is 2.38. The molecule has 0 fully saturated rings. The maximum absolute atomic E-state index is 12.7. The van der Waals surface area contributed by atoms with Gasteiger partial charge in [0.25, 0.3) is 0 Å². The zero-order valence-electron chi connectivity index (χ0n) is 16.0. The van der Waals surface area contributed by atoms with Crippen LogP contribution in [0.15, 0.2) is 84.3 Å². The maximum atomic E-state index is 12.7. The summed E-state index contributed by atoms with van der Waals surface area (Å²) in [6.45, 7) is 6.34. The van der Waals surface area contributed by atoms with Crippen LogP contribution in [0, 0.1) is 6.92 Å². The first-order chi connectivity index (χ1) is 13.9. The van der Waals surface area contributed by atoms with E-state index in [1.54, 1.807) is 30.3 Å². The van der Waals surface area contributed by atoms with Crippen molar-refractivity contribution in [3.8, 4) is 11.5 Å². The highest BCUT2D eigenvalue weighted by atomic mass is 32.2. The number of benzene rings is 3. The molecular weight excluding hydrogens is 386 g/mol. The Labute approximate surface area is 170 Å². The minimum atomic E-state index is -3.73. The number of sulfonamides is 1. The standard InChI is InChI=1S/C23H21NO4S/c1-16-8-11-20(12-9-16)29(25,26)24-23-17(2)21-13-10-19(14-22(21)28-23)27-15-18-6-4-3-5-7-18/h3-14,23-24H,2,15H2,1H3. The van der Waals surface area contributed by atoms with E-state index in [0.717, 1.165) is 16.7 Å². The Bertz CT molecular complexity index is 1140. The fourth-order valence-corrected chi connectivity index (χ4v) is 4.16. The largest absolute Gasteiger partial charge is 0.489 e. The molecule has 3 aromatic rings. The number of hydrogen-bond donors (Lipinski definition) is 1. The molecule has 1 heterocycles. The molecule has 0 spiro atoms. The maximum Gasteiger partial charge on any atom is 0.243 e. The van der Waals surface area contributed by atoms with Crippen LogP contribution in [0.4, 0.5) is 0 Å². The monoisotopic (exact) mass is 407 g/mol. The third-order valence-electron chi connectivity index (χ3n) is 4.70. The van der Waals surface area contributed by atoms with Gasteiger partial charge >= 0.3 is 0 Å². The van der Waals surface area contributed by atoms with Crippen LogP contribution >= 0.6 is 0 Å². The molecule has 29 heavy (non-hydrogen) atoms. The SMILES string of the molecule is C=C1c2ccc(OCc3ccccc3)cc2OC1NS(=O)(=O)c1ccc(C)cc1. The first kappa shape index (κ1) is 19.2. The van der Waals surface area contributed by atoms with Crippen LogP contribution < -0.4 is 14.2 Å². The van der Waals surface area contributed by atoms with Gasteiger partial charge in [-0.15, -0.1) is 0 Å². The van der Waals surface area contributed by atoms with Crippen molar-refractivity contribution in [2.45, 2.75) is 24.7 Å². The second-order valence-corrected chi connectivity index (χ2v) is 8.60. The van der Waals surface area contributed by atoms with E-state index in [-0.39, 0.29) is 4.90 Å². The van der Waals surface area contributed by atoms with Crippen molar-refractivity contribution in [3.05, 3.63) is 96.1 Å². The van der Waals surface area contributed by atoms with Gasteiger partial charge in [-0.2, -0.15) is 4.72 Å². The van der Waals surface area contributed by atoms with Crippen molar-refractivity contribution in [1.29, 1.82) is 0 Å². The van der Waals surface area contributed by atoms with Gasteiger partial charge in [-0.1, -0.05) is 54.6 Å². The summed E-state index contributed by atoms with van der Waals surface area (Å²) in [6.07, 6.45) is -0.860. The highest BCUT2D eigenvalue weighted by molar-refractivity contribution is 7.89.